The maximum Gasteiger partial charge on any atom is 0.416 e. The van der Waals surface area contributed by atoms with E-state index < -0.39 is 11.7 Å². The lowest BCUT2D eigenvalue weighted by molar-refractivity contribution is -0.137. The number of carbonyl (C=O) groups excluding carboxylic acids is 1. The van der Waals surface area contributed by atoms with Gasteiger partial charge in [0.05, 0.1) is 5.56 Å². The van der Waals surface area contributed by atoms with Gasteiger partial charge >= 0.3 is 6.18 Å². The van der Waals surface area contributed by atoms with Crippen LogP contribution in [0.15, 0.2) is 24.3 Å². The SMILES string of the molecule is CC(=O)Nc1nc(Cn2nnc(-c3ccc(C(F)(F)F)cc3)n2)nc(N(C)C)n1. The minimum atomic E-state index is -4.42. The van der Waals surface area contributed by atoms with E-state index >= 15 is 0 Å². The summed E-state index contributed by atoms with van der Waals surface area (Å²) >= 11 is 0. The summed E-state index contributed by atoms with van der Waals surface area (Å²) in [5.74, 6) is 0.484. The first kappa shape index (κ1) is 20.1. The molecular weight excluding hydrogens is 391 g/mol. The minimum absolute atomic E-state index is 0.0174. The second kappa shape index (κ2) is 7.77. The molecule has 1 N–H and O–H groups in total. The first-order chi connectivity index (χ1) is 13.6. The van der Waals surface area contributed by atoms with Gasteiger partial charge in [-0.3, -0.25) is 10.1 Å². The Morgan fingerprint density at radius 3 is 2.41 bits per heavy atom. The molecule has 0 fully saturated rings. The van der Waals surface area contributed by atoms with Gasteiger partial charge in [0.2, 0.25) is 23.6 Å². The third kappa shape index (κ3) is 5.00. The van der Waals surface area contributed by atoms with E-state index in [1.165, 1.54) is 23.9 Å². The van der Waals surface area contributed by atoms with Crippen LogP contribution in [-0.4, -0.2) is 55.2 Å². The Balaban J connectivity index is 1.82. The van der Waals surface area contributed by atoms with Crippen LogP contribution in [0.4, 0.5) is 25.1 Å². The van der Waals surface area contributed by atoms with Crippen molar-refractivity contribution in [3.8, 4) is 11.4 Å². The Morgan fingerprint density at radius 2 is 1.83 bits per heavy atom. The Labute approximate surface area is 162 Å². The molecule has 0 bridgehead atoms. The molecule has 0 radical (unpaired) electrons. The van der Waals surface area contributed by atoms with Crippen LogP contribution >= 0.6 is 0 Å². The van der Waals surface area contributed by atoms with Gasteiger partial charge in [-0.1, -0.05) is 12.1 Å². The lowest BCUT2D eigenvalue weighted by Crippen LogP contribution is -2.19. The smallest absolute Gasteiger partial charge is 0.347 e. The van der Waals surface area contributed by atoms with Crippen molar-refractivity contribution in [2.24, 2.45) is 0 Å². The highest BCUT2D eigenvalue weighted by Crippen LogP contribution is 2.30. The molecule has 13 heteroatoms. The summed E-state index contributed by atoms with van der Waals surface area (Å²) in [5, 5.41) is 14.4. The van der Waals surface area contributed by atoms with Gasteiger partial charge in [0.25, 0.3) is 0 Å². The van der Waals surface area contributed by atoms with Gasteiger partial charge < -0.3 is 4.90 Å². The number of nitrogens with one attached hydrogen (secondary N) is 1. The zero-order valence-corrected chi connectivity index (χ0v) is 15.6. The normalized spacial score (nSPS) is 11.4. The van der Waals surface area contributed by atoms with Crippen molar-refractivity contribution in [1.29, 1.82) is 0 Å². The second-order valence-electron chi connectivity index (χ2n) is 6.17. The van der Waals surface area contributed by atoms with Crippen LogP contribution in [0.2, 0.25) is 0 Å². The van der Waals surface area contributed by atoms with Crippen LogP contribution in [0.1, 0.15) is 18.3 Å². The lowest BCUT2D eigenvalue weighted by atomic mass is 10.1. The number of alkyl halides is 3. The number of amides is 1. The molecule has 0 unspecified atom stereocenters. The predicted octanol–water partition coefficient (Wildman–Crippen LogP) is 1.62. The van der Waals surface area contributed by atoms with Crippen molar-refractivity contribution in [3.63, 3.8) is 0 Å². The molecule has 152 valence electrons. The number of halogens is 3. The fourth-order valence-electron chi connectivity index (χ4n) is 2.25. The average molecular weight is 407 g/mol. The van der Waals surface area contributed by atoms with Crippen molar-refractivity contribution < 1.29 is 18.0 Å². The molecule has 0 aliphatic heterocycles. The molecular formula is C16H16F3N9O. The van der Waals surface area contributed by atoms with E-state index in [0.717, 1.165) is 12.1 Å². The third-order valence-corrected chi connectivity index (χ3v) is 3.56. The number of aromatic nitrogens is 7. The van der Waals surface area contributed by atoms with Crippen molar-refractivity contribution in [2.45, 2.75) is 19.6 Å². The zero-order valence-electron chi connectivity index (χ0n) is 15.6. The fraction of sp³-hybridized carbons (Fsp3) is 0.312. The fourth-order valence-corrected chi connectivity index (χ4v) is 2.25. The Hall–Kier alpha value is -3.64. The van der Waals surface area contributed by atoms with Crippen LogP contribution in [-0.2, 0) is 17.5 Å². The van der Waals surface area contributed by atoms with E-state index in [0.29, 0.717) is 11.5 Å². The molecule has 0 atom stereocenters. The Morgan fingerprint density at radius 1 is 1.14 bits per heavy atom. The zero-order chi connectivity index (χ0) is 21.2. The number of hydrogen-bond donors (Lipinski definition) is 1. The summed E-state index contributed by atoms with van der Waals surface area (Å²) in [4.78, 5) is 26.6. The summed E-state index contributed by atoms with van der Waals surface area (Å²) in [6.45, 7) is 1.34. The number of hydrogen-bond acceptors (Lipinski definition) is 8. The Bertz CT molecular complexity index is 1020. The summed E-state index contributed by atoms with van der Waals surface area (Å²) in [5.41, 5.74) is -0.381. The molecule has 0 aliphatic carbocycles. The standard InChI is InChI=1S/C16H16F3N9O/c1-9(29)20-14-21-12(22-15(23-14)27(2)3)8-28-25-13(24-26-28)10-4-6-11(7-5-10)16(17,18)19/h4-7H,8H2,1-3H3,(H,20,21,22,23,29). The minimum Gasteiger partial charge on any atom is -0.347 e. The number of benzene rings is 1. The lowest BCUT2D eigenvalue weighted by Gasteiger charge is -2.12. The third-order valence-electron chi connectivity index (χ3n) is 3.56. The molecule has 2 heterocycles. The first-order valence-corrected chi connectivity index (χ1v) is 8.27. The van der Waals surface area contributed by atoms with Crippen LogP contribution in [0.25, 0.3) is 11.4 Å². The highest BCUT2D eigenvalue weighted by atomic mass is 19.4. The number of carbonyl (C=O) groups is 1. The van der Waals surface area contributed by atoms with Gasteiger partial charge in [-0.25, -0.2) is 0 Å². The predicted molar refractivity (Wildman–Crippen MR) is 95.8 cm³/mol. The number of nitrogens with zero attached hydrogens (tertiary/aromatic N) is 8. The van der Waals surface area contributed by atoms with Gasteiger partial charge in [0, 0.05) is 26.6 Å². The maximum absolute atomic E-state index is 12.7. The largest absolute Gasteiger partial charge is 0.416 e. The first-order valence-electron chi connectivity index (χ1n) is 8.27. The molecule has 29 heavy (non-hydrogen) atoms. The summed E-state index contributed by atoms with van der Waals surface area (Å²) in [6, 6.07) is 4.44. The molecule has 0 saturated carbocycles. The van der Waals surface area contributed by atoms with Gasteiger partial charge in [-0.2, -0.15) is 32.9 Å². The van der Waals surface area contributed by atoms with Crippen LogP contribution < -0.4 is 10.2 Å². The molecule has 1 amide bonds. The quantitative estimate of drug-likeness (QED) is 0.679. The number of rotatable bonds is 5. The maximum atomic E-state index is 12.7. The second-order valence-corrected chi connectivity index (χ2v) is 6.17. The highest BCUT2D eigenvalue weighted by molar-refractivity contribution is 5.86. The van der Waals surface area contributed by atoms with Gasteiger partial charge in [-0.05, 0) is 17.3 Å². The monoisotopic (exact) mass is 407 g/mol. The molecule has 10 nitrogen and oxygen atoms in total. The van der Waals surface area contributed by atoms with E-state index in [-0.39, 0.29) is 30.0 Å². The van der Waals surface area contributed by atoms with Crippen LogP contribution in [0.5, 0.6) is 0 Å². The molecule has 3 aromatic rings. The van der Waals surface area contributed by atoms with Gasteiger partial charge in [0.15, 0.2) is 5.82 Å². The highest BCUT2D eigenvalue weighted by Gasteiger charge is 2.30. The van der Waals surface area contributed by atoms with E-state index in [2.05, 4.69) is 35.7 Å². The average Bonchev–Trinajstić information content (AvgIpc) is 3.08. The molecule has 1 aromatic carbocycles. The number of anilines is 2. The summed E-state index contributed by atoms with van der Waals surface area (Å²) < 4.78 is 38.0. The summed E-state index contributed by atoms with van der Waals surface area (Å²) in [6.07, 6.45) is -4.42. The molecule has 0 spiro atoms. The van der Waals surface area contributed by atoms with Crippen molar-refractivity contribution in [2.75, 3.05) is 24.3 Å². The van der Waals surface area contributed by atoms with Gasteiger partial charge in [0.1, 0.15) is 6.54 Å². The Kier molecular flexibility index (Phi) is 5.39. The number of tetrazole rings is 1. The van der Waals surface area contributed by atoms with Crippen molar-refractivity contribution in [3.05, 3.63) is 35.7 Å². The molecule has 0 aliphatic rings. The van der Waals surface area contributed by atoms with Gasteiger partial charge in [-0.15, -0.1) is 10.2 Å². The summed E-state index contributed by atoms with van der Waals surface area (Å²) in [7, 11) is 3.46. The molecule has 3 rings (SSSR count). The van der Waals surface area contributed by atoms with E-state index in [1.54, 1.807) is 19.0 Å². The van der Waals surface area contributed by atoms with Crippen molar-refractivity contribution in [1.82, 2.24) is 35.2 Å². The topological polar surface area (TPSA) is 115 Å². The molecule has 2 aromatic heterocycles. The van der Waals surface area contributed by atoms with Crippen molar-refractivity contribution >= 4 is 17.8 Å². The van der Waals surface area contributed by atoms with E-state index in [4.69, 9.17) is 0 Å². The van der Waals surface area contributed by atoms with Crippen LogP contribution in [0, 0.1) is 0 Å². The van der Waals surface area contributed by atoms with E-state index in [9.17, 15) is 18.0 Å². The van der Waals surface area contributed by atoms with E-state index in [1.807, 2.05) is 0 Å². The molecule has 0 saturated heterocycles. The van der Waals surface area contributed by atoms with Crippen LogP contribution in [0.3, 0.4) is 0 Å².